The number of aliphatic hydroxyl groups excluding tert-OH is 1. The van der Waals surface area contributed by atoms with Gasteiger partial charge in [-0.25, -0.2) is 9.78 Å². The number of nitrogens with zero attached hydrogens (tertiary/aromatic N) is 4. The Morgan fingerprint density at radius 3 is 2.60 bits per heavy atom. The van der Waals surface area contributed by atoms with Crippen LogP contribution in [0.3, 0.4) is 0 Å². The first-order valence-corrected chi connectivity index (χ1v) is 9.63. The lowest BCUT2D eigenvalue weighted by Crippen LogP contribution is -2.27. The molecular formula is C22H24N4O4. The van der Waals surface area contributed by atoms with Crippen LogP contribution in [0.1, 0.15) is 23.6 Å². The summed E-state index contributed by atoms with van der Waals surface area (Å²) < 4.78 is 0. The zero-order valence-corrected chi connectivity index (χ0v) is 17.2. The molecule has 0 aliphatic carbocycles. The van der Waals surface area contributed by atoms with E-state index in [0.29, 0.717) is 6.54 Å². The van der Waals surface area contributed by atoms with Crippen molar-refractivity contribution in [3.05, 3.63) is 58.8 Å². The van der Waals surface area contributed by atoms with Gasteiger partial charge in [0, 0.05) is 25.0 Å². The normalized spacial score (nSPS) is 14.9. The van der Waals surface area contributed by atoms with Crippen LogP contribution in [0.25, 0.3) is 6.08 Å². The Hall–Kier alpha value is -3.52. The highest BCUT2D eigenvalue weighted by atomic mass is 16.4. The standard InChI is InChI=1S/C22H24N4O4/c1-4-25(9-10-27)18-12-14(2)16(11-15(18)3)13-17-20(22(29)30)24-26(21(17)28)19-7-5-6-8-23-19/h5-8,11-13,27H,4,9-10H2,1-3H3,(H,29,30)/b17-13-. The molecule has 156 valence electrons. The highest BCUT2D eigenvalue weighted by Crippen LogP contribution is 2.28. The number of aliphatic carboxylic acids is 1. The largest absolute Gasteiger partial charge is 0.476 e. The molecule has 0 saturated carbocycles. The van der Waals surface area contributed by atoms with E-state index in [2.05, 4.69) is 15.0 Å². The fraction of sp³-hybridized carbons (Fsp3) is 0.273. The summed E-state index contributed by atoms with van der Waals surface area (Å²) in [5, 5.41) is 23.9. The molecule has 1 aromatic heterocycles. The van der Waals surface area contributed by atoms with Crippen molar-refractivity contribution in [2.24, 2.45) is 5.10 Å². The number of amides is 1. The van der Waals surface area contributed by atoms with Gasteiger partial charge in [-0.05, 0) is 67.8 Å². The molecule has 8 heteroatoms. The number of rotatable bonds is 7. The van der Waals surface area contributed by atoms with Crippen molar-refractivity contribution in [1.82, 2.24) is 4.98 Å². The number of pyridine rings is 1. The van der Waals surface area contributed by atoms with Crippen LogP contribution in [-0.2, 0) is 9.59 Å². The van der Waals surface area contributed by atoms with Crippen LogP contribution in [0, 0.1) is 13.8 Å². The molecule has 1 aliphatic heterocycles. The van der Waals surface area contributed by atoms with Gasteiger partial charge in [0.05, 0.1) is 12.2 Å². The summed E-state index contributed by atoms with van der Waals surface area (Å²) in [6, 6.07) is 8.88. The quantitative estimate of drug-likeness (QED) is 0.682. The van der Waals surface area contributed by atoms with Crippen LogP contribution >= 0.6 is 0 Å². The van der Waals surface area contributed by atoms with Gasteiger partial charge in [0.15, 0.2) is 11.5 Å². The maximum atomic E-state index is 12.9. The fourth-order valence-corrected chi connectivity index (χ4v) is 3.38. The van der Waals surface area contributed by atoms with E-state index in [0.717, 1.165) is 33.9 Å². The zero-order chi connectivity index (χ0) is 21.8. The molecule has 3 rings (SSSR count). The van der Waals surface area contributed by atoms with E-state index in [4.69, 9.17) is 0 Å². The van der Waals surface area contributed by atoms with Crippen molar-refractivity contribution in [1.29, 1.82) is 0 Å². The minimum absolute atomic E-state index is 0.00566. The second kappa shape index (κ2) is 8.87. The third-order valence-corrected chi connectivity index (χ3v) is 4.92. The Bertz CT molecular complexity index is 1030. The molecule has 0 unspecified atom stereocenters. The van der Waals surface area contributed by atoms with E-state index in [9.17, 15) is 19.8 Å². The molecule has 1 aromatic carbocycles. The number of carboxylic acids is 1. The second-order valence-corrected chi connectivity index (χ2v) is 6.92. The molecule has 0 spiro atoms. The van der Waals surface area contributed by atoms with Crippen LogP contribution in [0.5, 0.6) is 0 Å². The van der Waals surface area contributed by atoms with Gasteiger partial charge in [-0.3, -0.25) is 4.79 Å². The number of hydrazone groups is 1. The molecule has 0 fully saturated rings. The summed E-state index contributed by atoms with van der Waals surface area (Å²) in [4.78, 5) is 30.8. The lowest BCUT2D eigenvalue weighted by atomic mass is 9.99. The molecule has 2 aromatic rings. The summed E-state index contributed by atoms with van der Waals surface area (Å²) in [5.41, 5.74) is 3.26. The Balaban J connectivity index is 2.03. The van der Waals surface area contributed by atoms with Crippen LogP contribution in [0.15, 0.2) is 47.2 Å². The van der Waals surface area contributed by atoms with Crippen molar-refractivity contribution >= 4 is 35.2 Å². The number of carbonyl (C=O) groups excluding carboxylic acids is 1. The molecule has 2 N–H and O–H groups in total. The summed E-state index contributed by atoms with van der Waals surface area (Å²) in [5.74, 6) is -1.56. The first-order chi connectivity index (χ1) is 14.4. The summed E-state index contributed by atoms with van der Waals surface area (Å²) >= 11 is 0. The van der Waals surface area contributed by atoms with Crippen LogP contribution < -0.4 is 9.91 Å². The van der Waals surface area contributed by atoms with Crippen LogP contribution in [0.2, 0.25) is 0 Å². The maximum absolute atomic E-state index is 12.9. The predicted octanol–water partition coefficient (Wildman–Crippen LogP) is 2.39. The Labute approximate surface area is 174 Å². The van der Waals surface area contributed by atoms with Gasteiger partial charge in [-0.2, -0.15) is 10.1 Å². The van der Waals surface area contributed by atoms with E-state index < -0.39 is 11.9 Å². The Morgan fingerprint density at radius 2 is 2.00 bits per heavy atom. The fourth-order valence-electron chi connectivity index (χ4n) is 3.38. The third-order valence-electron chi connectivity index (χ3n) is 4.92. The van der Waals surface area contributed by atoms with E-state index in [-0.39, 0.29) is 23.7 Å². The predicted molar refractivity (Wildman–Crippen MR) is 116 cm³/mol. The molecule has 0 atom stereocenters. The van der Waals surface area contributed by atoms with Crippen molar-refractivity contribution in [2.45, 2.75) is 20.8 Å². The number of aryl methyl sites for hydroxylation is 2. The van der Waals surface area contributed by atoms with Gasteiger partial charge >= 0.3 is 5.97 Å². The van der Waals surface area contributed by atoms with Gasteiger partial charge < -0.3 is 15.1 Å². The average molecular weight is 408 g/mol. The van der Waals surface area contributed by atoms with Crippen molar-refractivity contribution in [3.63, 3.8) is 0 Å². The molecular weight excluding hydrogens is 384 g/mol. The number of likely N-dealkylation sites (N-methyl/N-ethyl adjacent to an activating group) is 1. The van der Waals surface area contributed by atoms with Gasteiger partial charge in [0.25, 0.3) is 5.91 Å². The van der Waals surface area contributed by atoms with Gasteiger partial charge in [0.1, 0.15) is 0 Å². The number of carbonyl (C=O) groups is 2. The lowest BCUT2D eigenvalue weighted by Gasteiger charge is -2.25. The van der Waals surface area contributed by atoms with Crippen LogP contribution in [0.4, 0.5) is 11.5 Å². The highest BCUT2D eigenvalue weighted by Gasteiger charge is 2.35. The van der Waals surface area contributed by atoms with Gasteiger partial charge in [0.2, 0.25) is 0 Å². The first-order valence-electron chi connectivity index (χ1n) is 9.63. The molecule has 0 saturated heterocycles. The Morgan fingerprint density at radius 1 is 1.23 bits per heavy atom. The third kappa shape index (κ3) is 4.08. The summed E-state index contributed by atoms with van der Waals surface area (Å²) in [6.45, 7) is 7.17. The van der Waals surface area contributed by atoms with E-state index >= 15 is 0 Å². The minimum Gasteiger partial charge on any atom is -0.476 e. The van der Waals surface area contributed by atoms with E-state index in [1.807, 2.05) is 32.9 Å². The number of benzene rings is 1. The van der Waals surface area contributed by atoms with Crippen LogP contribution in [-0.4, -0.2) is 52.5 Å². The topological polar surface area (TPSA) is 106 Å². The average Bonchev–Trinajstić information content (AvgIpc) is 3.06. The lowest BCUT2D eigenvalue weighted by molar-refractivity contribution is -0.129. The molecule has 30 heavy (non-hydrogen) atoms. The molecule has 8 nitrogen and oxygen atoms in total. The molecule has 2 heterocycles. The number of carboxylic acid groups (broad SMARTS) is 1. The number of aromatic nitrogens is 1. The zero-order valence-electron chi connectivity index (χ0n) is 17.2. The van der Waals surface area contributed by atoms with Crippen molar-refractivity contribution in [2.75, 3.05) is 29.6 Å². The minimum atomic E-state index is -1.28. The number of aliphatic hydroxyl groups is 1. The van der Waals surface area contributed by atoms with Gasteiger partial charge in [-0.1, -0.05) is 6.07 Å². The number of hydrogen-bond donors (Lipinski definition) is 2. The highest BCUT2D eigenvalue weighted by molar-refractivity contribution is 6.53. The molecule has 0 bridgehead atoms. The second-order valence-electron chi connectivity index (χ2n) is 6.92. The SMILES string of the molecule is CCN(CCO)c1cc(C)c(/C=C2\C(=O)N(c3ccccn3)N=C2C(=O)O)cc1C. The van der Waals surface area contributed by atoms with Crippen molar-refractivity contribution in [3.8, 4) is 0 Å². The first kappa shape index (κ1) is 21.2. The van der Waals surface area contributed by atoms with Crippen molar-refractivity contribution < 1.29 is 19.8 Å². The Kier molecular flexibility index (Phi) is 6.27. The smallest absolute Gasteiger partial charge is 0.357 e. The number of hydrogen-bond acceptors (Lipinski definition) is 6. The molecule has 1 aliphatic rings. The monoisotopic (exact) mass is 408 g/mol. The number of anilines is 2. The summed E-state index contributed by atoms with van der Waals surface area (Å²) in [6.07, 6.45) is 3.07. The summed E-state index contributed by atoms with van der Waals surface area (Å²) in [7, 11) is 0. The van der Waals surface area contributed by atoms with E-state index in [1.165, 1.54) is 6.20 Å². The maximum Gasteiger partial charge on any atom is 0.357 e. The van der Waals surface area contributed by atoms with E-state index in [1.54, 1.807) is 24.3 Å². The van der Waals surface area contributed by atoms with Gasteiger partial charge in [-0.15, -0.1) is 0 Å². The molecule has 0 radical (unpaired) electrons. The molecule has 1 amide bonds.